The third-order valence-corrected chi connectivity index (χ3v) is 5.53. The van der Waals surface area contributed by atoms with Gasteiger partial charge in [-0.25, -0.2) is 4.68 Å². The molecule has 2 aromatic carbocycles. The number of aliphatic hydroxyl groups is 1. The molecule has 6 heteroatoms. The zero-order valence-corrected chi connectivity index (χ0v) is 17.2. The smallest absolute Gasteiger partial charge is 0.122 e. The third kappa shape index (κ3) is 4.04. The fourth-order valence-electron chi connectivity index (χ4n) is 3.86. The number of benzene rings is 2. The Kier molecular flexibility index (Phi) is 5.15. The van der Waals surface area contributed by atoms with E-state index < -0.39 is 5.54 Å². The van der Waals surface area contributed by atoms with Crippen LogP contribution in [0, 0.1) is 6.92 Å². The average Bonchev–Trinajstić information content (AvgIpc) is 3.19. The summed E-state index contributed by atoms with van der Waals surface area (Å²) in [5.41, 5.74) is 12.1. The minimum atomic E-state index is -0.502. The average molecular weight is 393 g/mol. The minimum Gasteiger partial charge on any atom is -0.491 e. The van der Waals surface area contributed by atoms with Gasteiger partial charge in [-0.3, -0.25) is 0 Å². The van der Waals surface area contributed by atoms with Gasteiger partial charge in [0.25, 0.3) is 0 Å². The van der Waals surface area contributed by atoms with Crippen LogP contribution >= 0.6 is 0 Å². The molecule has 0 bridgehead atoms. The Morgan fingerprint density at radius 1 is 1.21 bits per heavy atom. The topological polar surface area (TPSA) is 86.2 Å². The van der Waals surface area contributed by atoms with E-state index in [2.05, 4.69) is 28.5 Å². The van der Waals surface area contributed by atoms with Gasteiger partial charge in [0.15, 0.2) is 0 Å². The molecule has 1 unspecified atom stereocenters. The Bertz CT molecular complexity index is 1030. The zero-order chi connectivity index (χ0) is 20.6. The molecule has 1 aromatic heterocycles. The third-order valence-electron chi connectivity index (χ3n) is 5.53. The first kappa shape index (κ1) is 19.6. The van der Waals surface area contributed by atoms with Crippen molar-refractivity contribution in [2.45, 2.75) is 51.7 Å². The van der Waals surface area contributed by atoms with Crippen molar-refractivity contribution >= 4 is 0 Å². The molecule has 1 aliphatic rings. The van der Waals surface area contributed by atoms with E-state index in [9.17, 15) is 5.11 Å². The Morgan fingerprint density at radius 3 is 2.76 bits per heavy atom. The summed E-state index contributed by atoms with van der Waals surface area (Å²) in [6.45, 7) is 6.10. The number of aliphatic hydroxyl groups excluding tert-OH is 1. The molecule has 4 rings (SSSR count). The van der Waals surface area contributed by atoms with Gasteiger partial charge in [0.1, 0.15) is 11.4 Å². The Morgan fingerprint density at radius 2 is 2.03 bits per heavy atom. The normalized spacial score (nSPS) is 18.7. The van der Waals surface area contributed by atoms with Gasteiger partial charge in [-0.15, -0.1) is 5.10 Å². The maximum atomic E-state index is 9.54. The highest BCUT2D eigenvalue weighted by Gasteiger charge is 2.29. The van der Waals surface area contributed by atoms with Gasteiger partial charge in [0, 0.05) is 11.1 Å². The molecular formula is C23H28N4O2. The van der Waals surface area contributed by atoms with Crippen LogP contribution in [-0.2, 0) is 12.8 Å². The second-order valence-corrected chi connectivity index (χ2v) is 8.35. The van der Waals surface area contributed by atoms with Crippen LogP contribution in [0.4, 0.5) is 0 Å². The van der Waals surface area contributed by atoms with E-state index >= 15 is 0 Å². The summed E-state index contributed by atoms with van der Waals surface area (Å²) in [6, 6.07) is 12.4. The van der Waals surface area contributed by atoms with Crippen LogP contribution in [0.3, 0.4) is 0 Å². The van der Waals surface area contributed by atoms with Crippen molar-refractivity contribution in [1.82, 2.24) is 15.0 Å². The van der Waals surface area contributed by atoms with Crippen molar-refractivity contribution in [3.8, 4) is 22.7 Å². The Labute approximate surface area is 171 Å². The molecule has 0 spiro atoms. The number of fused-ring (bicyclic) bond motifs is 1. The van der Waals surface area contributed by atoms with E-state index in [1.165, 1.54) is 11.1 Å². The molecule has 0 saturated carbocycles. The van der Waals surface area contributed by atoms with Crippen molar-refractivity contribution in [3.05, 3.63) is 59.3 Å². The number of hydrogen-bond acceptors (Lipinski definition) is 5. The van der Waals surface area contributed by atoms with Crippen LogP contribution in [0.1, 0.15) is 37.0 Å². The predicted molar refractivity (Wildman–Crippen MR) is 113 cm³/mol. The number of hydrogen-bond donors (Lipinski definition) is 2. The molecule has 1 heterocycles. The second-order valence-electron chi connectivity index (χ2n) is 8.35. The molecule has 6 nitrogen and oxygen atoms in total. The van der Waals surface area contributed by atoms with Gasteiger partial charge >= 0.3 is 0 Å². The number of nitrogens with two attached hydrogens (primary N) is 1. The van der Waals surface area contributed by atoms with E-state index in [0.717, 1.165) is 41.1 Å². The van der Waals surface area contributed by atoms with Crippen LogP contribution in [0.5, 0.6) is 5.75 Å². The maximum absolute atomic E-state index is 9.54. The molecule has 3 N–H and O–H groups in total. The van der Waals surface area contributed by atoms with Crippen molar-refractivity contribution in [2.75, 3.05) is 6.61 Å². The Balaban J connectivity index is 1.58. The highest BCUT2D eigenvalue weighted by atomic mass is 16.5. The molecule has 0 amide bonds. The van der Waals surface area contributed by atoms with Gasteiger partial charge in [-0.05, 0) is 87.1 Å². The quantitative estimate of drug-likeness (QED) is 0.696. The largest absolute Gasteiger partial charge is 0.491 e. The summed E-state index contributed by atoms with van der Waals surface area (Å²) in [6.07, 6.45) is 4.44. The lowest BCUT2D eigenvalue weighted by Gasteiger charge is -2.33. The Hall–Kier alpha value is -2.70. The lowest BCUT2D eigenvalue weighted by Crippen LogP contribution is -2.48. The lowest BCUT2D eigenvalue weighted by molar-refractivity contribution is 0.181. The second kappa shape index (κ2) is 7.61. The number of ether oxygens (including phenoxy) is 1. The summed E-state index contributed by atoms with van der Waals surface area (Å²) in [7, 11) is 0. The van der Waals surface area contributed by atoms with Gasteiger partial charge in [-0.1, -0.05) is 11.3 Å². The van der Waals surface area contributed by atoms with Gasteiger partial charge in [0.05, 0.1) is 24.6 Å². The van der Waals surface area contributed by atoms with E-state index in [-0.39, 0.29) is 12.7 Å². The van der Waals surface area contributed by atoms with Gasteiger partial charge < -0.3 is 15.6 Å². The lowest BCUT2D eigenvalue weighted by atomic mass is 9.79. The molecule has 29 heavy (non-hydrogen) atoms. The number of nitrogens with zero attached hydrogens (tertiary/aromatic N) is 3. The molecule has 152 valence electrons. The zero-order valence-electron chi connectivity index (χ0n) is 17.2. The van der Waals surface area contributed by atoms with E-state index in [1.807, 2.05) is 45.2 Å². The molecule has 0 fully saturated rings. The SMILES string of the molecule is Cc1cc(-c2cn(-c3ccc4c(c3)CCC(N)(CO)C4)nn2)ccc1OC(C)C. The van der Waals surface area contributed by atoms with Crippen molar-refractivity contribution in [1.29, 1.82) is 0 Å². The van der Waals surface area contributed by atoms with E-state index in [0.29, 0.717) is 6.42 Å². The first-order valence-electron chi connectivity index (χ1n) is 10.1. The number of aryl methyl sites for hydroxylation is 2. The summed E-state index contributed by atoms with van der Waals surface area (Å²) < 4.78 is 7.63. The fourth-order valence-corrected chi connectivity index (χ4v) is 3.86. The highest BCUT2D eigenvalue weighted by Crippen LogP contribution is 2.29. The van der Waals surface area contributed by atoms with E-state index in [1.54, 1.807) is 4.68 Å². The fraction of sp³-hybridized carbons (Fsp3) is 0.391. The van der Waals surface area contributed by atoms with Crippen molar-refractivity contribution in [3.63, 3.8) is 0 Å². The molecule has 0 radical (unpaired) electrons. The van der Waals surface area contributed by atoms with Crippen LogP contribution in [-0.4, -0.2) is 38.4 Å². The first-order valence-corrected chi connectivity index (χ1v) is 10.1. The molecule has 0 aliphatic heterocycles. The van der Waals surface area contributed by atoms with Crippen LogP contribution < -0.4 is 10.5 Å². The number of rotatable bonds is 5. The summed E-state index contributed by atoms with van der Waals surface area (Å²) in [4.78, 5) is 0. The standard InChI is InChI=1S/C23H28N4O2/c1-15(2)29-22-7-5-18(10-16(22)3)21-13-27(26-25-21)20-6-4-19-12-23(24,14-28)9-8-17(19)11-20/h4-7,10-11,13,15,28H,8-9,12,14,24H2,1-3H3. The minimum absolute atomic E-state index is 0.0149. The first-order chi connectivity index (χ1) is 13.9. The molecule has 0 saturated heterocycles. The number of aromatic nitrogens is 3. The molecule has 3 aromatic rings. The highest BCUT2D eigenvalue weighted by molar-refractivity contribution is 5.61. The molecule has 1 atom stereocenters. The summed E-state index contributed by atoms with van der Waals surface area (Å²) in [5.74, 6) is 0.893. The molecule has 1 aliphatic carbocycles. The predicted octanol–water partition coefficient (Wildman–Crippen LogP) is 3.21. The van der Waals surface area contributed by atoms with Crippen molar-refractivity contribution < 1.29 is 9.84 Å². The van der Waals surface area contributed by atoms with Gasteiger partial charge in [0.2, 0.25) is 0 Å². The van der Waals surface area contributed by atoms with E-state index in [4.69, 9.17) is 10.5 Å². The van der Waals surface area contributed by atoms with Crippen LogP contribution in [0.15, 0.2) is 42.6 Å². The summed E-state index contributed by atoms with van der Waals surface area (Å²) in [5, 5.41) is 18.2. The monoisotopic (exact) mass is 392 g/mol. The van der Waals surface area contributed by atoms with Crippen LogP contribution in [0.2, 0.25) is 0 Å². The molecular weight excluding hydrogens is 364 g/mol. The van der Waals surface area contributed by atoms with Gasteiger partial charge in [-0.2, -0.15) is 0 Å². The summed E-state index contributed by atoms with van der Waals surface area (Å²) >= 11 is 0. The van der Waals surface area contributed by atoms with Crippen LogP contribution in [0.25, 0.3) is 16.9 Å². The van der Waals surface area contributed by atoms with Crippen molar-refractivity contribution in [2.24, 2.45) is 5.73 Å². The maximum Gasteiger partial charge on any atom is 0.122 e.